The molecule has 0 amide bonds. The summed E-state index contributed by atoms with van der Waals surface area (Å²) in [5.74, 6) is -0.909. The van der Waals surface area contributed by atoms with Crippen LogP contribution in [0.5, 0.6) is 0 Å². The Labute approximate surface area is 61.2 Å². The van der Waals surface area contributed by atoms with E-state index in [1.807, 2.05) is 21.1 Å². The van der Waals surface area contributed by atoms with Gasteiger partial charge in [0.15, 0.2) is 0 Å². The van der Waals surface area contributed by atoms with Gasteiger partial charge in [-0.05, 0) is 0 Å². The highest BCUT2D eigenvalue weighted by molar-refractivity contribution is 5.85. The van der Waals surface area contributed by atoms with Gasteiger partial charge in [-0.15, -0.1) is 0 Å². The van der Waals surface area contributed by atoms with Crippen molar-refractivity contribution in [2.45, 2.75) is 0 Å². The monoisotopic (exact) mass is 144 g/mol. The smallest absolute Gasteiger partial charge is 0.336 e. The Kier molecular flexibility index (Phi) is 2.60. The van der Waals surface area contributed by atoms with Crippen LogP contribution in [0.4, 0.5) is 0 Å². The van der Waals surface area contributed by atoms with E-state index >= 15 is 0 Å². The lowest BCUT2D eigenvalue weighted by Crippen LogP contribution is -2.37. The lowest BCUT2D eigenvalue weighted by atomic mass is 10.3. The zero-order valence-corrected chi connectivity index (χ0v) is 6.72. The van der Waals surface area contributed by atoms with E-state index in [0.717, 1.165) is 0 Å². The van der Waals surface area contributed by atoms with Crippen LogP contribution in [0.3, 0.4) is 0 Å². The first-order valence-electron chi connectivity index (χ1n) is 3.04. The normalized spacial score (nSPS) is 11.1. The number of quaternary nitrogens is 1. The second-order valence-corrected chi connectivity index (χ2v) is 3.36. The number of likely N-dealkylation sites (N-methyl/N-ethyl adjacent to an activating group) is 1. The van der Waals surface area contributed by atoms with Gasteiger partial charge in [0.05, 0.1) is 26.7 Å². The summed E-state index contributed by atoms with van der Waals surface area (Å²) in [5, 5.41) is 8.44. The Hall–Kier alpha value is -0.830. The number of hydrogen-bond acceptors (Lipinski definition) is 1. The quantitative estimate of drug-likeness (QED) is 0.458. The van der Waals surface area contributed by atoms with Gasteiger partial charge in [-0.1, -0.05) is 6.58 Å². The highest BCUT2D eigenvalue weighted by atomic mass is 16.4. The average Bonchev–Trinajstić information content (AvgIpc) is 1.60. The molecule has 0 aliphatic heterocycles. The molecule has 0 bridgehead atoms. The molecule has 0 aromatic heterocycles. The molecule has 0 spiro atoms. The third-order valence-electron chi connectivity index (χ3n) is 0.968. The van der Waals surface area contributed by atoms with Crippen LogP contribution in [-0.4, -0.2) is 43.2 Å². The summed E-state index contributed by atoms with van der Waals surface area (Å²) < 4.78 is 0.602. The minimum atomic E-state index is -0.909. The van der Waals surface area contributed by atoms with Crippen molar-refractivity contribution in [1.82, 2.24) is 0 Å². The highest BCUT2D eigenvalue weighted by Crippen LogP contribution is 1.98. The fourth-order valence-corrected chi connectivity index (χ4v) is 0.640. The maximum absolute atomic E-state index is 10.3. The molecule has 0 saturated heterocycles. The van der Waals surface area contributed by atoms with Gasteiger partial charge in [-0.2, -0.15) is 0 Å². The molecule has 3 nitrogen and oxygen atoms in total. The number of carboxylic acids is 1. The van der Waals surface area contributed by atoms with E-state index in [2.05, 4.69) is 6.58 Å². The SMILES string of the molecule is C=C(C[N+](C)(C)C)C(=O)O. The number of carboxylic acid groups (broad SMARTS) is 1. The van der Waals surface area contributed by atoms with Crippen LogP contribution in [0.1, 0.15) is 0 Å². The zero-order chi connectivity index (χ0) is 8.36. The van der Waals surface area contributed by atoms with E-state index in [0.29, 0.717) is 11.0 Å². The molecular formula is C7H14NO2+. The van der Waals surface area contributed by atoms with E-state index in [1.165, 1.54) is 0 Å². The van der Waals surface area contributed by atoms with E-state index in [4.69, 9.17) is 5.11 Å². The lowest BCUT2D eigenvalue weighted by molar-refractivity contribution is -0.865. The highest BCUT2D eigenvalue weighted by Gasteiger charge is 2.13. The van der Waals surface area contributed by atoms with E-state index in [9.17, 15) is 4.79 Å². The largest absolute Gasteiger partial charge is 0.478 e. The first kappa shape index (κ1) is 9.17. The molecule has 58 valence electrons. The standard InChI is InChI=1S/C7H13NO2/c1-6(7(9)10)5-8(2,3)4/h1,5H2,2-4H3/p+1. The van der Waals surface area contributed by atoms with E-state index in [1.54, 1.807) is 0 Å². The Morgan fingerprint density at radius 2 is 1.90 bits per heavy atom. The number of rotatable bonds is 3. The van der Waals surface area contributed by atoms with E-state index in [-0.39, 0.29) is 5.57 Å². The topological polar surface area (TPSA) is 37.3 Å². The number of carbonyl (C=O) groups is 1. The lowest BCUT2D eigenvalue weighted by Gasteiger charge is -2.23. The molecule has 0 heterocycles. The first-order chi connectivity index (χ1) is 4.33. The van der Waals surface area contributed by atoms with Crippen molar-refractivity contribution >= 4 is 5.97 Å². The second-order valence-electron chi connectivity index (χ2n) is 3.36. The van der Waals surface area contributed by atoms with Crippen LogP contribution in [0.15, 0.2) is 12.2 Å². The Morgan fingerprint density at radius 1 is 1.50 bits per heavy atom. The van der Waals surface area contributed by atoms with Gasteiger partial charge in [0.1, 0.15) is 6.54 Å². The second kappa shape index (κ2) is 2.84. The van der Waals surface area contributed by atoms with Crippen LogP contribution in [0.2, 0.25) is 0 Å². The molecule has 0 aromatic carbocycles. The third-order valence-corrected chi connectivity index (χ3v) is 0.968. The van der Waals surface area contributed by atoms with Crippen molar-refractivity contribution in [2.24, 2.45) is 0 Å². The summed E-state index contributed by atoms with van der Waals surface area (Å²) in [4.78, 5) is 10.3. The molecule has 3 heteroatoms. The predicted octanol–water partition coefficient (Wildman–Crippen LogP) is 0.333. The molecule has 0 aromatic rings. The summed E-state index contributed by atoms with van der Waals surface area (Å²) in [5.41, 5.74) is 0.257. The predicted molar refractivity (Wildman–Crippen MR) is 39.7 cm³/mol. The van der Waals surface area contributed by atoms with Crippen molar-refractivity contribution in [3.05, 3.63) is 12.2 Å². The molecule has 0 fully saturated rings. The van der Waals surface area contributed by atoms with Crippen molar-refractivity contribution in [1.29, 1.82) is 0 Å². The van der Waals surface area contributed by atoms with Gasteiger partial charge in [0.2, 0.25) is 0 Å². The fraction of sp³-hybridized carbons (Fsp3) is 0.571. The van der Waals surface area contributed by atoms with E-state index < -0.39 is 5.97 Å². The molecule has 0 radical (unpaired) electrons. The number of hydrogen-bond donors (Lipinski definition) is 1. The minimum Gasteiger partial charge on any atom is -0.478 e. The Balaban J connectivity index is 3.93. The molecular weight excluding hydrogens is 130 g/mol. The fourth-order valence-electron chi connectivity index (χ4n) is 0.640. The Morgan fingerprint density at radius 3 is 2.00 bits per heavy atom. The van der Waals surface area contributed by atoms with Gasteiger partial charge >= 0.3 is 5.97 Å². The van der Waals surface area contributed by atoms with Crippen LogP contribution >= 0.6 is 0 Å². The molecule has 10 heavy (non-hydrogen) atoms. The first-order valence-corrected chi connectivity index (χ1v) is 3.04. The van der Waals surface area contributed by atoms with Crippen molar-refractivity contribution in [2.75, 3.05) is 27.7 Å². The number of nitrogens with zero attached hydrogens (tertiary/aromatic N) is 1. The molecule has 0 aliphatic carbocycles. The average molecular weight is 144 g/mol. The van der Waals surface area contributed by atoms with Gasteiger partial charge in [0.25, 0.3) is 0 Å². The molecule has 0 unspecified atom stereocenters. The third kappa shape index (κ3) is 4.09. The maximum atomic E-state index is 10.3. The van der Waals surface area contributed by atoms with Crippen LogP contribution < -0.4 is 0 Å². The maximum Gasteiger partial charge on any atom is 0.336 e. The van der Waals surface area contributed by atoms with Crippen LogP contribution in [0, 0.1) is 0 Å². The summed E-state index contributed by atoms with van der Waals surface area (Å²) >= 11 is 0. The van der Waals surface area contributed by atoms with Crippen molar-refractivity contribution in [3.8, 4) is 0 Å². The van der Waals surface area contributed by atoms with Crippen molar-refractivity contribution in [3.63, 3.8) is 0 Å². The molecule has 0 atom stereocenters. The minimum absolute atomic E-state index is 0.257. The Bertz CT molecular complexity index is 155. The van der Waals surface area contributed by atoms with Gasteiger partial charge in [-0.25, -0.2) is 4.79 Å². The molecule has 0 saturated carbocycles. The molecule has 0 aliphatic rings. The zero-order valence-electron chi connectivity index (χ0n) is 6.72. The summed E-state index contributed by atoms with van der Waals surface area (Å²) in [7, 11) is 5.77. The van der Waals surface area contributed by atoms with Gasteiger partial charge in [-0.3, -0.25) is 0 Å². The van der Waals surface area contributed by atoms with Crippen LogP contribution in [-0.2, 0) is 4.79 Å². The van der Waals surface area contributed by atoms with Crippen LogP contribution in [0.25, 0.3) is 0 Å². The van der Waals surface area contributed by atoms with Gasteiger partial charge in [0, 0.05) is 0 Å². The number of aliphatic carboxylic acids is 1. The summed E-state index contributed by atoms with van der Waals surface area (Å²) in [6, 6.07) is 0. The molecule has 0 rings (SSSR count). The van der Waals surface area contributed by atoms with Crippen molar-refractivity contribution < 1.29 is 14.4 Å². The van der Waals surface area contributed by atoms with Gasteiger partial charge < -0.3 is 9.59 Å². The summed E-state index contributed by atoms with van der Waals surface area (Å²) in [6.45, 7) is 3.91. The summed E-state index contributed by atoms with van der Waals surface area (Å²) in [6.07, 6.45) is 0. The molecule has 1 N–H and O–H groups in total.